The first-order valence-electron chi connectivity index (χ1n) is 4.38. The van der Waals surface area contributed by atoms with E-state index in [1.54, 1.807) is 7.11 Å². The van der Waals surface area contributed by atoms with Gasteiger partial charge in [0, 0.05) is 0 Å². The highest BCUT2D eigenvalue weighted by Gasteiger charge is 2.03. The lowest BCUT2D eigenvalue weighted by atomic mass is 10.2. The molecular weight excluding hydrogens is 162 g/mol. The van der Waals surface area contributed by atoms with Gasteiger partial charge in [0.1, 0.15) is 5.75 Å². The predicted octanol–water partition coefficient (Wildman–Crippen LogP) is 2.69. The SMILES string of the molecule is C=C(C)c1ccc(OC)c(CC)n1. The number of pyridine rings is 1. The van der Waals surface area contributed by atoms with Gasteiger partial charge in [-0.25, -0.2) is 4.98 Å². The number of ether oxygens (including phenoxy) is 1. The first-order valence-corrected chi connectivity index (χ1v) is 4.38. The molecule has 2 nitrogen and oxygen atoms in total. The Balaban J connectivity index is 3.13. The lowest BCUT2D eigenvalue weighted by Gasteiger charge is -2.07. The second kappa shape index (κ2) is 4.08. The summed E-state index contributed by atoms with van der Waals surface area (Å²) < 4.78 is 5.18. The van der Waals surface area contributed by atoms with Crippen molar-refractivity contribution in [1.82, 2.24) is 4.98 Å². The summed E-state index contributed by atoms with van der Waals surface area (Å²) in [6, 6.07) is 3.87. The fraction of sp³-hybridized carbons (Fsp3) is 0.364. The zero-order chi connectivity index (χ0) is 9.84. The fourth-order valence-electron chi connectivity index (χ4n) is 1.17. The van der Waals surface area contributed by atoms with Crippen molar-refractivity contribution in [1.29, 1.82) is 0 Å². The molecule has 1 aromatic rings. The van der Waals surface area contributed by atoms with Gasteiger partial charge in [-0.05, 0) is 31.1 Å². The number of allylic oxidation sites excluding steroid dienone is 1. The molecule has 0 N–H and O–H groups in total. The number of nitrogens with zero attached hydrogens (tertiary/aromatic N) is 1. The van der Waals surface area contributed by atoms with Crippen LogP contribution in [0.5, 0.6) is 5.75 Å². The van der Waals surface area contributed by atoms with Gasteiger partial charge in [0.15, 0.2) is 0 Å². The molecule has 0 saturated heterocycles. The Morgan fingerprint density at radius 1 is 1.54 bits per heavy atom. The van der Waals surface area contributed by atoms with Crippen molar-refractivity contribution in [2.24, 2.45) is 0 Å². The minimum absolute atomic E-state index is 0.854. The standard InChI is InChI=1S/C11H15NO/c1-5-9-11(13-4)7-6-10(12-9)8(2)3/h6-7H,2,5H2,1,3-4H3. The summed E-state index contributed by atoms with van der Waals surface area (Å²) in [6.07, 6.45) is 0.879. The zero-order valence-corrected chi connectivity index (χ0v) is 8.42. The normalized spacial score (nSPS) is 9.77. The molecule has 0 radical (unpaired) electrons. The summed E-state index contributed by atoms with van der Waals surface area (Å²) in [6.45, 7) is 7.87. The van der Waals surface area contributed by atoms with Crippen LogP contribution in [0.1, 0.15) is 25.2 Å². The summed E-state index contributed by atoms with van der Waals surface area (Å²) in [4.78, 5) is 4.44. The largest absolute Gasteiger partial charge is 0.495 e. The number of aromatic nitrogens is 1. The average molecular weight is 177 g/mol. The number of hydrogen-bond donors (Lipinski definition) is 0. The summed E-state index contributed by atoms with van der Waals surface area (Å²) in [5.41, 5.74) is 2.91. The average Bonchev–Trinajstić information content (AvgIpc) is 2.16. The van der Waals surface area contributed by atoms with Crippen LogP contribution in [0.2, 0.25) is 0 Å². The van der Waals surface area contributed by atoms with Gasteiger partial charge in [-0.1, -0.05) is 13.5 Å². The summed E-state index contributed by atoms with van der Waals surface area (Å²) in [5, 5.41) is 0. The highest BCUT2D eigenvalue weighted by atomic mass is 16.5. The monoisotopic (exact) mass is 177 g/mol. The number of aryl methyl sites for hydroxylation is 1. The van der Waals surface area contributed by atoms with Crippen molar-refractivity contribution >= 4 is 5.57 Å². The Morgan fingerprint density at radius 2 is 2.23 bits per heavy atom. The number of methoxy groups -OCH3 is 1. The third-order valence-corrected chi connectivity index (χ3v) is 1.92. The van der Waals surface area contributed by atoms with Crippen LogP contribution >= 0.6 is 0 Å². The van der Waals surface area contributed by atoms with E-state index < -0.39 is 0 Å². The molecule has 0 unspecified atom stereocenters. The molecule has 70 valence electrons. The van der Waals surface area contributed by atoms with Crippen LogP contribution in [0.25, 0.3) is 5.57 Å². The maximum Gasteiger partial charge on any atom is 0.140 e. The van der Waals surface area contributed by atoms with Crippen molar-refractivity contribution in [3.05, 3.63) is 30.1 Å². The summed E-state index contributed by atoms with van der Waals surface area (Å²) in [7, 11) is 1.66. The van der Waals surface area contributed by atoms with E-state index in [4.69, 9.17) is 4.74 Å². The second-order valence-corrected chi connectivity index (χ2v) is 2.98. The Labute approximate surface area is 79.3 Å². The number of rotatable bonds is 3. The smallest absolute Gasteiger partial charge is 0.140 e. The van der Waals surface area contributed by atoms with Gasteiger partial charge < -0.3 is 4.74 Å². The van der Waals surface area contributed by atoms with Crippen molar-refractivity contribution in [2.45, 2.75) is 20.3 Å². The molecule has 2 heteroatoms. The van der Waals surface area contributed by atoms with E-state index in [9.17, 15) is 0 Å². The Bertz CT molecular complexity index is 318. The number of hydrogen-bond acceptors (Lipinski definition) is 2. The van der Waals surface area contributed by atoms with E-state index in [2.05, 4.69) is 18.5 Å². The molecule has 0 fully saturated rings. The molecule has 0 aliphatic carbocycles. The molecule has 0 saturated carbocycles. The molecule has 0 bridgehead atoms. The van der Waals surface area contributed by atoms with Gasteiger partial charge in [0.05, 0.1) is 18.5 Å². The van der Waals surface area contributed by atoms with E-state index in [0.717, 1.165) is 29.1 Å². The quantitative estimate of drug-likeness (QED) is 0.708. The summed E-state index contributed by atoms with van der Waals surface area (Å²) >= 11 is 0. The molecule has 0 aliphatic rings. The van der Waals surface area contributed by atoms with Crippen molar-refractivity contribution in [3.63, 3.8) is 0 Å². The molecule has 1 aromatic heterocycles. The van der Waals surface area contributed by atoms with Gasteiger partial charge in [0.2, 0.25) is 0 Å². The van der Waals surface area contributed by atoms with Crippen LogP contribution in [-0.4, -0.2) is 12.1 Å². The highest BCUT2D eigenvalue weighted by Crippen LogP contribution is 2.19. The van der Waals surface area contributed by atoms with Gasteiger partial charge in [-0.3, -0.25) is 0 Å². The van der Waals surface area contributed by atoms with Crippen molar-refractivity contribution in [2.75, 3.05) is 7.11 Å². The van der Waals surface area contributed by atoms with Gasteiger partial charge in [-0.2, -0.15) is 0 Å². The lowest BCUT2D eigenvalue weighted by molar-refractivity contribution is 0.407. The molecule has 13 heavy (non-hydrogen) atoms. The highest BCUT2D eigenvalue weighted by molar-refractivity contribution is 5.58. The maximum atomic E-state index is 5.18. The van der Waals surface area contributed by atoms with E-state index >= 15 is 0 Å². The van der Waals surface area contributed by atoms with Crippen molar-refractivity contribution in [3.8, 4) is 5.75 Å². The Hall–Kier alpha value is -1.31. The molecule has 1 rings (SSSR count). The first kappa shape index (κ1) is 9.78. The molecule has 0 aromatic carbocycles. The molecule has 1 heterocycles. The minimum Gasteiger partial charge on any atom is -0.495 e. The van der Waals surface area contributed by atoms with E-state index in [1.807, 2.05) is 19.1 Å². The van der Waals surface area contributed by atoms with E-state index in [-0.39, 0.29) is 0 Å². The maximum absolute atomic E-state index is 5.18. The van der Waals surface area contributed by atoms with Gasteiger partial charge >= 0.3 is 0 Å². The lowest BCUT2D eigenvalue weighted by Crippen LogP contribution is -1.96. The van der Waals surface area contributed by atoms with Crippen LogP contribution in [0.3, 0.4) is 0 Å². The predicted molar refractivity (Wildman–Crippen MR) is 54.9 cm³/mol. The van der Waals surface area contributed by atoms with Crippen LogP contribution in [0.4, 0.5) is 0 Å². The second-order valence-electron chi connectivity index (χ2n) is 2.98. The molecule has 0 atom stereocenters. The molecule has 0 aliphatic heterocycles. The molecule has 0 amide bonds. The topological polar surface area (TPSA) is 22.1 Å². The zero-order valence-electron chi connectivity index (χ0n) is 8.42. The fourth-order valence-corrected chi connectivity index (χ4v) is 1.17. The van der Waals surface area contributed by atoms with Crippen LogP contribution < -0.4 is 4.74 Å². The molecular formula is C11H15NO. The van der Waals surface area contributed by atoms with Crippen molar-refractivity contribution < 1.29 is 4.74 Å². The first-order chi connectivity index (χ1) is 6.19. The Kier molecular flexibility index (Phi) is 3.07. The summed E-state index contributed by atoms with van der Waals surface area (Å²) in [5.74, 6) is 0.854. The third kappa shape index (κ3) is 2.08. The Morgan fingerprint density at radius 3 is 2.69 bits per heavy atom. The van der Waals surface area contributed by atoms with Gasteiger partial charge in [-0.15, -0.1) is 0 Å². The van der Waals surface area contributed by atoms with Gasteiger partial charge in [0.25, 0.3) is 0 Å². The van der Waals surface area contributed by atoms with E-state index in [1.165, 1.54) is 0 Å². The minimum atomic E-state index is 0.854. The van der Waals surface area contributed by atoms with Crippen LogP contribution in [-0.2, 0) is 6.42 Å². The van der Waals surface area contributed by atoms with Crippen LogP contribution in [0.15, 0.2) is 18.7 Å². The third-order valence-electron chi connectivity index (χ3n) is 1.92. The molecule has 0 spiro atoms. The van der Waals surface area contributed by atoms with E-state index in [0.29, 0.717) is 0 Å². The van der Waals surface area contributed by atoms with Crippen LogP contribution in [0, 0.1) is 0 Å².